The van der Waals surface area contributed by atoms with Crippen molar-refractivity contribution in [3.8, 4) is 0 Å². The zero-order valence-electron chi connectivity index (χ0n) is 10.6. The molecule has 7 nitrogen and oxygen atoms in total. The van der Waals surface area contributed by atoms with Gasteiger partial charge in [0.05, 0.1) is 23.9 Å². The van der Waals surface area contributed by atoms with Crippen molar-refractivity contribution in [3.05, 3.63) is 18.1 Å². The fraction of sp³-hybridized carbons (Fsp3) is 0.545. The average molecular weight is 284 g/mol. The van der Waals surface area contributed by atoms with Crippen molar-refractivity contribution in [1.82, 2.24) is 15.3 Å². The van der Waals surface area contributed by atoms with E-state index in [1.165, 1.54) is 12.4 Å². The van der Waals surface area contributed by atoms with Crippen molar-refractivity contribution in [2.75, 3.05) is 23.9 Å². The molecule has 1 fully saturated rings. The van der Waals surface area contributed by atoms with Crippen LogP contribution in [-0.4, -0.2) is 48.9 Å². The SMILES string of the molecule is CNc1cncc(C(=O)NC2CCS(=O)(=O)CC2)n1. The van der Waals surface area contributed by atoms with Gasteiger partial charge in [0.1, 0.15) is 21.3 Å². The lowest BCUT2D eigenvalue weighted by atomic mass is 10.1. The summed E-state index contributed by atoms with van der Waals surface area (Å²) in [5, 5.41) is 5.59. The highest BCUT2D eigenvalue weighted by molar-refractivity contribution is 7.91. The maximum Gasteiger partial charge on any atom is 0.271 e. The zero-order chi connectivity index (χ0) is 13.9. The molecule has 2 heterocycles. The largest absolute Gasteiger partial charge is 0.372 e. The Balaban J connectivity index is 1.98. The van der Waals surface area contributed by atoms with E-state index in [0.717, 1.165) is 0 Å². The van der Waals surface area contributed by atoms with Crippen LogP contribution in [0.5, 0.6) is 0 Å². The Kier molecular flexibility index (Phi) is 3.98. The van der Waals surface area contributed by atoms with Crippen molar-refractivity contribution in [1.29, 1.82) is 0 Å². The maximum atomic E-state index is 12.0. The van der Waals surface area contributed by atoms with E-state index in [1.54, 1.807) is 7.05 Å². The molecular formula is C11H16N4O3S. The minimum absolute atomic E-state index is 0.115. The van der Waals surface area contributed by atoms with Gasteiger partial charge in [0.15, 0.2) is 0 Å². The summed E-state index contributed by atoms with van der Waals surface area (Å²) in [6.45, 7) is 0. The van der Waals surface area contributed by atoms with Crippen LogP contribution in [0.25, 0.3) is 0 Å². The third-order valence-corrected chi connectivity index (χ3v) is 4.73. The number of amides is 1. The Labute approximate surface area is 111 Å². The lowest BCUT2D eigenvalue weighted by Crippen LogP contribution is -2.41. The summed E-state index contributed by atoms with van der Waals surface area (Å²) in [5.41, 5.74) is 0.222. The van der Waals surface area contributed by atoms with E-state index >= 15 is 0 Å². The number of carbonyl (C=O) groups is 1. The average Bonchev–Trinajstić information content (AvgIpc) is 2.41. The number of nitrogens with one attached hydrogen (secondary N) is 2. The van der Waals surface area contributed by atoms with Gasteiger partial charge >= 0.3 is 0 Å². The van der Waals surface area contributed by atoms with Crippen LogP contribution in [0.2, 0.25) is 0 Å². The predicted molar refractivity (Wildman–Crippen MR) is 70.7 cm³/mol. The van der Waals surface area contributed by atoms with Crippen molar-refractivity contribution < 1.29 is 13.2 Å². The van der Waals surface area contributed by atoms with Crippen molar-refractivity contribution in [2.45, 2.75) is 18.9 Å². The van der Waals surface area contributed by atoms with Crippen LogP contribution in [0.3, 0.4) is 0 Å². The third kappa shape index (κ3) is 3.63. The Bertz CT molecular complexity index is 559. The topological polar surface area (TPSA) is 101 Å². The van der Waals surface area contributed by atoms with Crippen LogP contribution < -0.4 is 10.6 Å². The summed E-state index contributed by atoms with van der Waals surface area (Å²) >= 11 is 0. The molecule has 0 atom stereocenters. The molecule has 1 amide bonds. The molecule has 0 aromatic carbocycles. The molecule has 0 bridgehead atoms. The molecule has 19 heavy (non-hydrogen) atoms. The van der Waals surface area contributed by atoms with Crippen LogP contribution in [0.4, 0.5) is 5.82 Å². The van der Waals surface area contributed by atoms with Crippen LogP contribution >= 0.6 is 0 Å². The Morgan fingerprint density at radius 3 is 2.63 bits per heavy atom. The molecule has 1 aromatic rings. The first-order chi connectivity index (χ1) is 9.00. The van der Waals surface area contributed by atoms with E-state index < -0.39 is 9.84 Å². The molecule has 1 aliphatic rings. The second-order valence-corrected chi connectivity index (χ2v) is 6.74. The van der Waals surface area contributed by atoms with E-state index in [1.807, 2.05) is 0 Å². The maximum absolute atomic E-state index is 12.0. The predicted octanol–water partition coefficient (Wildman–Crippen LogP) is -0.175. The van der Waals surface area contributed by atoms with Crippen LogP contribution in [0, 0.1) is 0 Å². The number of aromatic nitrogens is 2. The van der Waals surface area contributed by atoms with Crippen LogP contribution in [0.15, 0.2) is 12.4 Å². The van der Waals surface area contributed by atoms with Crippen LogP contribution in [-0.2, 0) is 9.84 Å². The second kappa shape index (κ2) is 5.52. The fourth-order valence-corrected chi connectivity index (χ4v) is 3.38. The van der Waals surface area contributed by atoms with Crippen molar-refractivity contribution >= 4 is 21.6 Å². The molecule has 0 radical (unpaired) electrons. The molecule has 1 saturated heterocycles. The van der Waals surface area contributed by atoms with Gasteiger partial charge in [0.2, 0.25) is 0 Å². The molecule has 2 rings (SSSR count). The molecule has 0 saturated carbocycles. The number of nitrogens with zero attached hydrogens (tertiary/aromatic N) is 2. The standard InChI is InChI=1S/C11H16N4O3S/c1-12-10-7-13-6-9(15-10)11(16)14-8-2-4-19(17,18)5-3-8/h6-8H,2-5H2,1H3,(H,12,15)(H,14,16). The van der Waals surface area contributed by atoms with E-state index in [9.17, 15) is 13.2 Å². The highest BCUT2D eigenvalue weighted by Gasteiger charge is 2.25. The molecule has 1 aliphatic heterocycles. The lowest BCUT2D eigenvalue weighted by Gasteiger charge is -2.22. The van der Waals surface area contributed by atoms with Gasteiger partial charge in [-0.3, -0.25) is 9.78 Å². The number of anilines is 1. The first-order valence-electron chi connectivity index (χ1n) is 6.01. The highest BCUT2D eigenvalue weighted by Crippen LogP contribution is 2.12. The molecule has 0 spiro atoms. The van der Waals surface area contributed by atoms with Crippen molar-refractivity contribution in [3.63, 3.8) is 0 Å². The molecule has 1 aromatic heterocycles. The summed E-state index contributed by atoms with van der Waals surface area (Å²) in [4.78, 5) is 19.9. The number of hydrogen-bond donors (Lipinski definition) is 2. The summed E-state index contributed by atoms with van der Waals surface area (Å²) in [6, 6.07) is -0.115. The van der Waals surface area contributed by atoms with Gasteiger partial charge < -0.3 is 10.6 Å². The number of carbonyl (C=O) groups excluding carboxylic acids is 1. The quantitative estimate of drug-likeness (QED) is 0.799. The Morgan fingerprint density at radius 1 is 1.32 bits per heavy atom. The second-order valence-electron chi connectivity index (χ2n) is 4.44. The molecule has 0 aliphatic carbocycles. The van der Waals surface area contributed by atoms with E-state index in [4.69, 9.17) is 0 Å². The summed E-state index contributed by atoms with van der Waals surface area (Å²) in [7, 11) is -1.22. The summed E-state index contributed by atoms with van der Waals surface area (Å²) in [6.07, 6.45) is 3.81. The number of sulfone groups is 1. The van der Waals surface area contributed by atoms with Gasteiger partial charge in [-0.15, -0.1) is 0 Å². The van der Waals surface area contributed by atoms with E-state index in [2.05, 4.69) is 20.6 Å². The fourth-order valence-electron chi connectivity index (χ4n) is 1.89. The summed E-state index contributed by atoms with van der Waals surface area (Å²) in [5.74, 6) is 0.438. The number of hydrogen-bond acceptors (Lipinski definition) is 6. The minimum atomic E-state index is -2.92. The normalized spacial score (nSPS) is 18.8. The minimum Gasteiger partial charge on any atom is -0.372 e. The molecule has 104 valence electrons. The van der Waals surface area contributed by atoms with Gasteiger partial charge in [0.25, 0.3) is 5.91 Å². The van der Waals surface area contributed by atoms with Gasteiger partial charge in [0, 0.05) is 13.1 Å². The first-order valence-corrected chi connectivity index (χ1v) is 7.83. The Morgan fingerprint density at radius 2 is 2.00 bits per heavy atom. The highest BCUT2D eigenvalue weighted by atomic mass is 32.2. The number of rotatable bonds is 3. The van der Waals surface area contributed by atoms with E-state index in [0.29, 0.717) is 18.7 Å². The van der Waals surface area contributed by atoms with Gasteiger partial charge in [-0.25, -0.2) is 13.4 Å². The molecular weight excluding hydrogens is 268 g/mol. The van der Waals surface area contributed by atoms with Gasteiger partial charge in [-0.2, -0.15) is 0 Å². The zero-order valence-corrected chi connectivity index (χ0v) is 11.4. The third-order valence-electron chi connectivity index (χ3n) is 3.01. The van der Waals surface area contributed by atoms with E-state index in [-0.39, 0.29) is 29.1 Å². The molecule has 2 N–H and O–H groups in total. The Hall–Kier alpha value is -1.70. The smallest absolute Gasteiger partial charge is 0.271 e. The van der Waals surface area contributed by atoms with Crippen LogP contribution in [0.1, 0.15) is 23.3 Å². The molecule has 0 unspecified atom stereocenters. The van der Waals surface area contributed by atoms with Gasteiger partial charge in [-0.05, 0) is 12.8 Å². The molecule has 8 heteroatoms. The van der Waals surface area contributed by atoms with Crippen molar-refractivity contribution in [2.24, 2.45) is 0 Å². The monoisotopic (exact) mass is 284 g/mol. The first kappa shape index (κ1) is 13.7. The summed E-state index contributed by atoms with van der Waals surface area (Å²) < 4.78 is 22.6. The van der Waals surface area contributed by atoms with Gasteiger partial charge in [-0.1, -0.05) is 0 Å². The lowest BCUT2D eigenvalue weighted by molar-refractivity contribution is 0.0929.